The summed E-state index contributed by atoms with van der Waals surface area (Å²) in [6.45, 7) is 2.01. The molecule has 0 aliphatic carbocycles. The number of benzene rings is 2. The number of para-hydroxylation sites is 1. The number of phenols is 1. The lowest BCUT2D eigenvalue weighted by Crippen LogP contribution is -2.19. The lowest BCUT2D eigenvalue weighted by molar-refractivity contribution is 0.475. The van der Waals surface area contributed by atoms with Crippen LogP contribution in [0, 0.1) is 6.92 Å². The molecule has 0 fully saturated rings. The first kappa shape index (κ1) is 12.4. The topological polar surface area (TPSA) is 44.3 Å². The Bertz CT molecular complexity index is 569. The maximum atomic E-state index is 9.36. The van der Waals surface area contributed by atoms with Crippen molar-refractivity contribution in [3.63, 3.8) is 0 Å². The van der Waals surface area contributed by atoms with Gasteiger partial charge in [0.15, 0.2) is 5.11 Å². The molecule has 0 aliphatic rings. The van der Waals surface area contributed by atoms with Crippen LogP contribution in [0.1, 0.15) is 5.56 Å². The molecule has 0 bridgehead atoms. The van der Waals surface area contributed by atoms with Crippen LogP contribution in [-0.4, -0.2) is 10.2 Å². The third-order valence-corrected chi connectivity index (χ3v) is 2.70. The molecule has 92 valence electrons. The minimum absolute atomic E-state index is 0.207. The first-order valence-corrected chi connectivity index (χ1v) is 5.98. The molecule has 0 aliphatic heterocycles. The van der Waals surface area contributed by atoms with Gasteiger partial charge in [-0.2, -0.15) is 0 Å². The number of aromatic hydroxyl groups is 1. The number of rotatable bonds is 2. The van der Waals surface area contributed by atoms with Crippen molar-refractivity contribution in [3.05, 3.63) is 54.1 Å². The lowest BCUT2D eigenvalue weighted by atomic mass is 10.2. The van der Waals surface area contributed by atoms with Gasteiger partial charge in [-0.1, -0.05) is 24.3 Å². The predicted octanol–water partition coefficient (Wildman–Crippen LogP) is 3.51. The Morgan fingerprint density at radius 2 is 1.83 bits per heavy atom. The van der Waals surface area contributed by atoms with Gasteiger partial charge in [0.05, 0.1) is 0 Å². The number of hydrogen-bond donors (Lipinski definition) is 3. The second kappa shape index (κ2) is 5.51. The molecule has 4 heteroatoms. The lowest BCUT2D eigenvalue weighted by Gasteiger charge is -2.12. The highest BCUT2D eigenvalue weighted by atomic mass is 32.1. The van der Waals surface area contributed by atoms with Gasteiger partial charge in [0, 0.05) is 17.4 Å². The first-order chi connectivity index (χ1) is 8.65. The van der Waals surface area contributed by atoms with Crippen LogP contribution in [-0.2, 0) is 0 Å². The summed E-state index contributed by atoms with van der Waals surface area (Å²) in [4.78, 5) is 0. The summed E-state index contributed by atoms with van der Waals surface area (Å²) in [5, 5.41) is 16.0. The Hall–Kier alpha value is -2.07. The summed E-state index contributed by atoms with van der Waals surface area (Å²) in [5.41, 5.74) is 2.84. The third-order valence-electron chi connectivity index (χ3n) is 2.50. The van der Waals surface area contributed by atoms with Crippen LogP contribution in [0.5, 0.6) is 5.75 Å². The van der Waals surface area contributed by atoms with Gasteiger partial charge < -0.3 is 15.7 Å². The maximum absolute atomic E-state index is 9.36. The number of hydrogen-bond acceptors (Lipinski definition) is 2. The standard InChI is InChI=1S/C14H14N2OS/c1-10-5-2-3-8-13(10)16-14(18)15-11-6-4-7-12(17)9-11/h2-9,17H,1H3,(H2,15,16,18). The summed E-state index contributed by atoms with van der Waals surface area (Å²) in [7, 11) is 0. The van der Waals surface area contributed by atoms with Gasteiger partial charge in [0.1, 0.15) is 5.75 Å². The first-order valence-electron chi connectivity index (χ1n) is 5.58. The van der Waals surface area contributed by atoms with E-state index in [1.165, 1.54) is 0 Å². The van der Waals surface area contributed by atoms with E-state index in [9.17, 15) is 5.11 Å². The van der Waals surface area contributed by atoms with Crippen LogP contribution in [0.3, 0.4) is 0 Å². The molecular weight excluding hydrogens is 244 g/mol. The van der Waals surface area contributed by atoms with Crippen molar-refractivity contribution < 1.29 is 5.11 Å². The second-order valence-corrected chi connectivity index (χ2v) is 4.35. The highest BCUT2D eigenvalue weighted by Gasteiger charge is 2.01. The molecule has 18 heavy (non-hydrogen) atoms. The van der Waals surface area contributed by atoms with Crippen molar-refractivity contribution >= 4 is 28.7 Å². The van der Waals surface area contributed by atoms with E-state index >= 15 is 0 Å². The van der Waals surface area contributed by atoms with Crippen molar-refractivity contribution in [2.75, 3.05) is 10.6 Å². The summed E-state index contributed by atoms with van der Waals surface area (Å²) in [6, 6.07) is 14.7. The SMILES string of the molecule is Cc1ccccc1NC(=S)Nc1cccc(O)c1. The van der Waals surface area contributed by atoms with E-state index in [2.05, 4.69) is 10.6 Å². The van der Waals surface area contributed by atoms with Gasteiger partial charge in [-0.3, -0.25) is 0 Å². The summed E-state index contributed by atoms with van der Waals surface area (Å²) in [6.07, 6.45) is 0. The second-order valence-electron chi connectivity index (χ2n) is 3.94. The predicted molar refractivity (Wildman–Crippen MR) is 79.1 cm³/mol. The molecule has 0 aromatic heterocycles. The Morgan fingerprint density at radius 3 is 2.56 bits per heavy atom. The van der Waals surface area contributed by atoms with Crippen LogP contribution in [0.25, 0.3) is 0 Å². The van der Waals surface area contributed by atoms with Crippen LogP contribution >= 0.6 is 12.2 Å². The summed E-state index contributed by atoms with van der Waals surface area (Å²) >= 11 is 5.22. The van der Waals surface area contributed by atoms with Crippen LogP contribution < -0.4 is 10.6 Å². The van der Waals surface area contributed by atoms with Crippen LogP contribution in [0.4, 0.5) is 11.4 Å². The maximum Gasteiger partial charge on any atom is 0.175 e. The molecule has 0 amide bonds. The van der Waals surface area contributed by atoms with E-state index in [1.54, 1.807) is 18.2 Å². The molecule has 2 aromatic carbocycles. The van der Waals surface area contributed by atoms with Gasteiger partial charge in [-0.05, 0) is 42.9 Å². The molecule has 2 aromatic rings. The van der Waals surface area contributed by atoms with Crippen LogP contribution in [0.15, 0.2) is 48.5 Å². The minimum atomic E-state index is 0.207. The van der Waals surface area contributed by atoms with Gasteiger partial charge in [-0.25, -0.2) is 0 Å². The molecule has 3 N–H and O–H groups in total. The largest absolute Gasteiger partial charge is 0.508 e. The summed E-state index contributed by atoms with van der Waals surface area (Å²) < 4.78 is 0. The highest BCUT2D eigenvalue weighted by molar-refractivity contribution is 7.80. The number of nitrogens with one attached hydrogen (secondary N) is 2. The molecule has 0 atom stereocenters. The zero-order valence-electron chi connectivity index (χ0n) is 9.97. The minimum Gasteiger partial charge on any atom is -0.508 e. The molecule has 3 nitrogen and oxygen atoms in total. The van der Waals surface area contributed by atoms with E-state index in [0.29, 0.717) is 5.11 Å². The smallest absolute Gasteiger partial charge is 0.175 e. The fraction of sp³-hybridized carbons (Fsp3) is 0.0714. The van der Waals surface area contributed by atoms with Crippen molar-refractivity contribution in [2.45, 2.75) is 6.92 Å². The average molecular weight is 258 g/mol. The van der Waals surface area contributed by atoms with Crippen molar-refractivity contribution in [1.29, 1.82) is 0 Å². The number of anilines is 2. The van der Waals surface area contributed by atoms with Crippen molar-refractivity contribution in [2.24, 2.45) is 0 Å². The Labute approximate surface area is 111 Å². The van der Waals surface area contributed by atoms with Gasteiger partial charge in [-0.15, -0.1) is 0 Å². The molecular formula is C14H14N2OS. The molecule has 0 radical (unpaired) electrons. The van der Waals surface area contributed by atoms with Crippen molar-refractivity contribution in [3.8, 4) is 5.75 Å². The Morgan fingerprint density at radius 1 is 1.06 bits per heavy atom. The summed E-state index contributed by atoms with van der Waals surface area (Å²) in [5.74, 6) is 0.207. The average Bonchev–Trinajstić information content (AvgIpc) is 2.32. The van der Waals surface area contributed by atoms with E-state index in [-0.39, 0.29) is 5.75 Å². The van der Waals surface area contributed by atoms with E-state index in [1.807, 2.05) is 37.3 Å². The quantitative estimate of drug-likeness (QED) is 0.721. The van der Waals surface area contributed by atoms with Gasteiger partial charge in [0.25, 0.3) is 0 Å². The van der Waals surface area contributed by atoms with Gasteiger partial charge >= 0.3 is 0 Å². The van der Waals surface area contributed by atoms with Crippen LogP contribution in [0.2, 0.25) is 0 Å². The van der Waals surface area contributed by atoms with Gasteiger partial charge in [0.2, 0.25) is 0 Å². The molecule has 0 spiro atoms. The van der Waals surface area contributed by atoms with E-state index < -0.39 is 0 Å². The number of aryl methyl sites for hydroxylation is 1. The number of thiocarbonyl (C=S) groups is 1. The van der Waals surface area contributed by atoms with E-state index in [4.69, 9.17) is 12.2 Å². The highest BCUT2D eigenvalue weighted by Crippen LogP contribution is 2.17. The molecule has 0 unspecified atom stereocenters. The molecule has 2 rings (SSSR count). The molecule has 0 saturated heterocycles. The fourth-order valence-electron chi connectivity index (χ4n) is 1.58. The third kappa shape index (κ3) is 3.21. The number of phenolic OH excluding ortho intramolecular Hbond substituents is 1. The van der Waals surface area contributed by atoms with Crippen molar-refractivity contribution in [1.82, 2.24) is 0 Å². The molecule has 0 heterocycles. The molecule has 0 saturated carbocycles. The van der Waals surface area contributed by atoms with E-state index in [0.717, 1.165) is 16.9 Å². The normalized spacial score (nSPS) is 9.83. The monoisotopic (exact) mass is 258 g/mol. The zero-order valence-corrected chi connectivity index (χ0v) is 10.8. The Kier molecular flexibility index (Phi) is 3.79. The fourth-order valence-corrected chi connectivity index (χ4v) is 1.81. The Balaban J connectivity index is 2.03. The zero-order chi connectivity index (χ0) is 13.0.